The molecule has 6 heteroatoms. The van der Waals surface area contributed by atoms with E-state index in [4.69, 9.17) is 16.3 Å². The predicted molar refractivity (Wildman–Crippen MR) is 108 cm³/mol. The second-order valence-corrected chi connectivity index (χ2v) is 7.24. The topological polar surface area (TPSA) is 47.0 Å². The highest BCUT2D eigenvalue weighted by Crippen LogP contribution is 2.36. The van der Waals surface area contributed by atoms with E-state index in [0.717, 1.165) is 33.9 Å². The molecular formula is C20H16ClN3OS. The van der Waals surface area contributed by atoms with Gasteiger partial charge in [0.05, 0.1) is 11.1 Å². The Morgan fingerprint density at radius 1 is 1.08 bits per heavy atom. The minimum Gasteiger partial charge on any atom is -0.455 e. The van der Waals surface area contributed by atoms with Crippen molar-refractivity contribution in [2.45, 2.75) is 13.3 Å². The van der Waals surface area contributed by atoms with Gasteiger partial charge in [-0.1, -0.05) is 36.7 Å². The van der Waals surface area contributed by atoms with E-state index in [2.05, 4.69) is 28.3 Å². The first-order chi connectivity index (χ1) is 12.7. The first-order valence-electron chi connectivity index (χ1n) is 8.26. The molecule has 4 aromatic rings. The summed E-state index contributed by atoms with van der Waals surface area (Å²) >= 11 is 7.89. The van der Waals surface area contributed by atoms with Crippen LogP contribution in [0, 0.1) is 0 Å². The monoisotopic (exact) mass is 381 g/mol. The summed E-state index contributed by atoms with van der Waals surface area (Å²) in [6.45, 7) is 2.13. The molecule has 4 nitrogen and oxygen atoms in total. The van der Waals surface area contributed by atoms with Crippen LogP contribution in [-0.4, -0.2) is 9.97 Å². The zero-order valence-corrected chi connectivity index (χ0v) is 15.6. The smallest absolute Gasteiger partial charge is 0.151 e. The number of aryl methyl sites for hydroxylation is 1. The van der Waals surface area contributed by atoms with E-state index in [1.807, 2.05) is 42.5 Å². The molecule has 0 amide bonds. The van der Waals surface area contributed by atoms with Gasteiger partial charge in [0.25, 0.3) is 0 Å². The van der Waals surface area contributed by atoms with Gasteiger partial charge in [-0.05, 0) is 42.8 Å². The Kier molecular flexibility index (Phi) is 4.73. The van der Waals surface area contributed by atoms with Crippen molar-refractivity contribution in [3.8, 4) is 11.5 Å². The molecule has 2 aromatic heterocycles. The van der Waals surface area contributed by atoms with Crippen molar-refractivity contribution in [2.24, 2.45) is 0 Å². The van der Waals surface area contributed by atoms with Crippen LogP contribution in [0.25, 0.3) is 10.2 Å². The molecule has 2 heterocycles. The van der Waals surface area contributed by atoms with Crippen LogP contribution >= 0.6 is 22.9 Å². The second kappa shape index (κ2) is 7.32. The molecule has 0 atom stereocenters. The number of rotatable bonds is 5. The third-order valence-corrected chi connectivity index (χ3v) is 5.32. The Bertz CT molecular complexity index is 1050. The van der Waals surface area contributed by atoms with Crippen LogP contribution in [0.1, 0.15) is 11.8 Å². The van der Waals surface area contributed by atoms with Gasteiger partial charge in [0.2, 0.25) is 0 Å². The van der Waals surface area contributed by atoms with Crippen LogP contribution < -0.4 is 10.1 Å². The highest BCUT2D eigenvalue weighted by Gasteiger charge is 2.12. The molecule has 0 spiro atoms. The van der Waals surface area contributed by atoms with Crippen LogP contribution in [0.2, 0.25) is 5.02 Å². The molecule has 0 aliphatic carbocycles. The zero-order valence-electron chi connectivity index (χ0n) is 14.1. The number of fused-ring (bicyclic) bond motifs is 1. The lowest BCUT2D eigenvalue weighted by atomic mass is 10.2. The fourth-order valence-corrected chi connectivity index (χ4v) is 3.72. The molecule has 0 bridgehead atoms. The number of ether oxygens (including phenoxy) is 1. The molecular weight excluding hydrogens is 366 g/mol. The summed E-state index contributed by atoms with van der Waals surface area (Å²) in [7, 11) is 0. The molecule has 0 unspecified atom stereocenters. The van der Waals surface area contributed by atoms with Gasteiger partial charge < -0.3 is 10.1 Å². The molecule has 130 valence electrons. The van der Waals surface area contributed by atoms with E-state index >= 15 is 0 Å². The standard InChI is InChI=1S/C20H16ClN3OS/c1-2-15-11-16-19(22-12-23-20(16)26-15)24-17-10-13(21)8-9-18(17)25-14-6-4-3-5-7-14/h3-12H,2H2,1H3,(H,22,23,24). The van der Waals surface area contributed by atoms with Gasteiger partial charge in [0.1, 0.15) is 22.7 Å². The number of hydrogen-bond acceptors (Lipinski definition) is 5. The molecule has 26 heavy (non-hydrogen) atoms. The second-order valence-electron chi connectivity index (χ2n) is 5.69. The number of nitrogens with one attached hydrogen (secondary N) is 1. The summed E-state index contributed by atoms with van der Waals surface area (Å²) in [6.07, 6.45) is 2.54. The van der Waals surface area contributed by atoms with E-state index in [1.54, 1.807) is 23.7 Å². The van der Waals surface area contributed by atoms with E-state index in [0.29, 0.717) is 10.8 Å². The van der Waals surface area contributed by atoms with Crippen molar-refractivity contribution in [2.75, 3.05) is 5.32 Å². The van der Waals surface area contributed by atoms with Gasteiger partial charge in [-0.15, -0.1) is 11.3 Å². The Morgan fingerprint density at radius 3 is 2.73 bits per heavy atom. The molecule has 2 aromatic carbocycles. The number of aromatic nitrogens is 2. The van der Waals surface area contributed by atoms with Crippen LogP contribution in [0.5, 0.6) is 11.5 Å². The highest BCUT2D eigenvalue weighted by molar-refractivity contribution is 7.18. The first kappa shape index (κ1) is 16.8. The summed E-state index contributed by atoms with van der Waals surface area (Å²) in [6, 6.07) is 17.3. The lowest BCUT2D eigenvalue weighted by molar-refractivity contribution is 0.485. The van der Waals surface area contributed by atoms with Crippen LogP contribution in [0.3, 0.4) is 0 Å². The Balaban J connectivity index is 1.72. The van der Waals surface area contributed by atoms with Crippen LogP contribution in [0.4, 0.5) is 11.5 Å². The first-order valence-corrected chi connectivity index (χ1v) is 9.45. The molecule has 0 radical (unpaired) electrons. The Morgan fingerprint density at radius 2 is 1.92 bits per heavy atom. The number of halogens is 1. The summed E-state index contributed by atoms with van der Waals surface area (Å²) < 4.78 is 6.01. The average Bonchev–Trinajstić information content (AvgIpc) is 3.09. The molecule has 0 saturated heterocycles. The maximum atomic E-state index is 6.20. The third-order valence-electron chi connectivity index (χ3n) is 3.89. The maximum Gasteiger partial charge on any atom is 0.151 e. The van der Waals surface area contributed by atoms with Crippen molar-refractivity contribution in [1.82, 2.24) is 9.97 Å². The quantitative estimate of drug-likeness (QED) is 0.432. The molecule has 0 aliphatic rings. The van der Waals surface area contributed by atoms with Crippen molar-refractivity contribution >= 4 is 44.7 Å². The lowest BCUT2D eigenvalue weighted by Gasteiger charge is -2.13. The summed E-state index contributed by atoms with van der Waals surface area (Å²) in [4.78, 5) is 11.0. The molecule has 0 fully saturated rings. The minimum absolute atomic E-state index is 0.623. The number of hydrogen-bond donors (Lipinski definition) is 1. The van der Waals surface area contributed by atoms with E-state index < -0.39 is 0 Å². The average molecular weight is 382 g/mol. The number of para-hydroxylation sites is 1. The Labute approximate surface area is 160 Å². The molecule has 4 rings (SSSR count). The van der Waals surface area contributed by atoms with Gasteiger partial charge >= 0.3 is 0 Å². The van der Waals surface area contributed by atoms with Crippen molar-refractivity contribution in [3.05, 3.63) is 70.8 Å². The Hall–Kier alpha value is -2.63. The maximum absolute atomic E-state index is 6.20. The SMILES string of the molecule is CCc1cc2c(Nc3cc(Cl)ccc3Oc3ccccc3)ncnc2s1. The van der Waals surface area contributed by atoms with Crippen LogP contribution in [0.15, 0.2) is 60.9 Å². The van der Waals surface area contributed by atoms with Gasteiger partial charge in [-0.2, -0.15) is 0 Å². The van der Waals surface area contributed by atoms with Gasteiger partial charge in [0, 0.05) is 9.90 Å². The lowest BCUT2D eigenvalue weighted by Crippen LogP contribution is -1.97. The van der Waals surface area contributed by atoms with Crippen molar-refractivity contribution in [1.29, 1.82) is 0 Å². The van der Waals surface area contributed by atoms with Gasteiger partial charge in [-0.25, -0.2) is 9.97 Å². The predicted octanol–water partition coefficient (Wildman–Crippen LogP) is 6.44. The summed E-state index contributed by atoms with van der Waals surface area (Å²) in [5.41, 5.74) is 0.755. The fourth-order valence-electron chi connectivity index (χ4n) is 2.61. The van der Waals surface area contributed by atoms with E-state index in [-0.39, 0.29) is 0 Å². The normalized spacial score (nSPS) is 10.8. The zero-order chi connectivity index (χ0) is 17.9. The highest BCUT2D eigenvalue weighted by atomic mass is 35.5. The number of anilines is 2. The molecule has 0 aliphatic heterocycles. The molecule has 1 N–H and O–H groups in total. The molecule has 0 saturated carbocycles. The van der Waals surface area contributed by atoms with E-state index in [1.165, 1.54) is 4.88 Å². The van der Waals surface area contributed by atoms with Gasteiger partial charge in [-0.3, -0.25) is 0 Å². The third kappa shape index (κ3) is 3.49. The fraction of sp³-hybridized carbons (Fsp3) is 0.100. The summed E-state index contributed by atoms with van der Waals surface area (Å²) in [5, 5.41) is 4.98. The minimum atomic E-state index is 0.623. The largest absolute Gasteiger partial charge is 0.455 e. The van der Waals surface area contributed by atoms with Crippen molar-refractivity contribution < 1.29 is 4.74 Å². The van der Waals surface area contributed by atoms with E-state index in [9.17, 15) is 0 Å². The van der Waals surface area contributed by atoms with Gasteiger partial charge in [0.15, 0.2) is 5.75 Å². The van der Waals surface area contributed by atoms with Crippen molar-refractivity contribution in [3.63, 3.8) is 0 Å². The number of thiophene rings is 1. The number of nitrogens with zero attached hydrogens (tertiary/aromatic N) is 2. The number of benzene rings is 2. The summed E-state index contributed by atoms with van der Waals surface area (Å²) in [5.74, 6) is 2.18. The van der Waals surface area contributed by atoms with Crippen LogP contribution in [-0.2, 0) is 6.42 Å².